The van der Waals surface area contributed by atoms with Gasteiger partial charge in [-0.3, -0.25) is 10.3 Å². The monoisotopic (exact) mass is 486 g/mol. The van der Waals surface area contributed by atoms with Crippen molar-refractivity contribution in [3.05, 3.63) is 98.2 Å². The molecule has 2 atom stereocenters. The largest absolute Gasteiger partial charge is 0.508 e. The van der Waals surface area contributed by atoms with Crippen LogP contribution in [0.25, 0.3) is 0 Å². The van der Waals surface area contributed by atoms with E-state index in [9.17, 15) is 9.50 Å². The van der Waals surface area contributed by atoms with E-state index in [4.69, 9.17) is 16.6 Å². The second-order valence-corrected chi connectivity index (χ2v) is 8.67. The first-order valence-electron chi connectivity index (χ1n) is 9.80. The summed E-state index contributed by atoms with van der Waals surface area (Å²) in [5.74, 6) is -0.191. The number of phenols is 1. The molecule has 30 heavy (non-hydrogen) atoms. The fraction of sp³-hybridized carbons (Fsp3) is 0.208. The zero-order valence-corrected chi connectivity index (χ0v) is 18.7. The number of rotatable bonds is 4. The predicted molar refractivity (Wildman–Crippen MR) is 123 cm³/mol. The summed E-state index contributed by atoms with van der Waals surface area (Å²) >= 11 is 9.61. The Kier molecular flexibility index (Phi) is 6.23. The van der Waals surface area contributed by atoms with E-state index < -0.39 is 6.17 Å². The van der Waals surface area contributed by atoms with E-state index in [-0.39, 0.29) is 17.6 Å². The molecule has 0 radical (unpaired) electrons. The molecule has 1 heterocycles. The van der Waals surface area contributed by atoms with Crippen molar-refractivity contribution in [2.45, 2.75) is 32.0 Å². The lowest BCUT2D eigenvalue weighted by Crippen LogP contribution is -2.33. The van der Waals surface area contributed by atoms with Crippen LogP contribution in [0.3, 0.4) is 0 Å². The summed E-state index contributed by atoms with van der Waals surface area (Å²) in [4.78, 5) is 4.84. The third-order valence-electron chi connectivity index (χ3n) is 5.35. The van der Waals surface area contributed by atoms with Crippen LogP contribution in [-0.4, -0.2) is 10.8 Å². The van der Waals surface area contributed by atoms with Crippen molar-refractivity contribution in [3.8, 4) is 5.75 Å². The van der Waals surface area contributed by atoms with Crippen molar-refractivity contribution in [3.63, 3.8) is 0 Å². The normalized spacial score (nSPS) is 18.9. The zero-order chi connectivity index (χ0) is 21.3. The molecule has 0 bridgehead atoms. The van der Waals surface area contributed by atoms with Gasteiger partial charge in [-0.1, -0.05) is 58.7 Å². The van der Waals surface area contributed by atoms with E-state index in [1.165, 1.54) is 11.6 Å². The molecule has 0 aliphatic carbocycles. The molecule has 0 aromatic heterocycles. The first-order chi connectivity index (χ1) is 14.4. The van der Waals surface area contributed by atoms with Gasteiger partial charge in [-0.25, -0.2) is 4.39 Å². The van der Waals surface area contributed by atoms with Gasteiger partial charge in [0.05, 0.1) is 0 Å². The van der Waals surface area contributed by atoms with Crippen molar-refractivity contribution >= 4 is 33.2 Å². The van der Waals surface area contributed by atoms with Gasteiger partial charge in [0.15, 0.2) is 0 Å². The van der Waals surface area contributed by atoms with Crippen LogP contribution in [-0.2, 0) is 6.42 Å². The van der Waals surface area contributed by atoms with Gasteiger partial charge in [-0.05, 0) is 53.9 Å². The summed E-state index contributed by atoms with van der Waals surface area (Å²) in [7, 11) is 0. The van der Waals surface area contributed by atoms with Gasteiger partial charge in [0, 0.05) is 38.8 Å². The lowest BCUT2D eigenvalue weighted by Gasteiger charge is -2.31. The van der Waals surface area contributed by atoms with Gasteiger partial charge in [0.2, 0.25) is 0 Å². The van der Waals surface area contributed by atoms with Crippen LogP contribution in [0.4, 0.5) is 4.39 Å². The highest BCUT2D eigenvalue weighted by atomic mass is 79.9. The minimum Gasteiger partial charge on any atom is -0.508 e. The zero-order valence-electron chi connectivity index (χ0n) is 16.4. The van der Waals surface area contributed by atoms with E-state index in [0.29, 0.717) is 22.6 Å². The van der Waals surface area contributed by atoms with Gasteiger partial charge in [-0.2, -0.15) is 0 Å². The van der Waals surface area contributed by atoms with Gasteiger partial charge < -0.3 is 5.11 Å². The molecule has 0 saturated heterocycles. The summed E-state index contributed by atoms with van der Waals surface area (Å²) in [6.07, 6.45) is 0.908. The maximum atomic E-state index is 14.7. The molecule has 3 aromatic carbocycles. The molecule has 2 N–H and O–H groups in total. The first-order valence-corrected chi connectivity index (χ1v) is 11.0. The number of aryl methyl sites for hydroxylation is 1. The summed E-state index contributed by atoms with van der Waals surface area (Å²) in [6.45, 7) is 2.11. The highest BCUT2D eigenvalue weighted by molar-refractivity contribution is 9.10. The fourth-order valence-corrected chi connectivity index (χ4v) is 4.26. The lowest BCUT2D eigenvalue weighted by atomic mass is 9.93. The Bertz CT molecular complexity index is 1100. The molecule has 1 aliphatic rings. The minimum absolute atomic E-state index is 0.146. The Labute approximate surface area is 188 Å². The third kappa shape index (κ3) is 4.43. The van der Waals surface area contributed by atoms with E-state index in [1.807, 2.05) is 12.1 Å². The summed E-state index contributed by atoms with van der Waals surface area (Å²) in [6, 6.07) is 17.8. The molecular formula is C24H21BrClFN2O. The van der Waals surface area contributed by atoms with Crippen LogP contribution in [0.1, 0.15) is 47.8 Å². The maximum Gasteiger partial charge on any atom is 0.129 e. The standard InChI is InChI=1S/C24H21BrClFN2O/c1-2-14-3-5-15(6-4-14)21-13-22(19-12-17(26)8-10-23(19)30)29-24(28-21)18-11-16(25)7-9-20(18)27/h3-12,22,24,29-30H,2,13H2,1H3/t22-,24-/m1/s1. The molecule has 4 rings (SSSR count). The molecule has 0 unspecified atom stereocenters. The maximum absolute atomic E-state index is 14.7. The molecule has 0 amide bonds. The Morgan fingerprint density at radius 2 is 1.87 bits per heavy atom. The first kappa shape index (κ1) is 21.0. The van der Waals surface area contributed by atoms with Gasteiger partial charge in [0.25, 0.3) is 0 Å². The molecule has 1 aliphatic heterocycles. The molecular weight excluding hydrogens is 467 g/mol. The van der Waals surface area contributed by atoms with Crippen molar-refractivity contribution in [1.82, 2.24) is 5.32 Å². The second kappa shape index (κ2) is 8.88. The number of nitrogens with zero attached hydrogens (tertiary/aromatic N) is 1. The quantitative estimate of drug-likeness (QED) is 0.428. The summed E-state index contributed by atoms with van der Waals surface area (Å²) in [5, 5.41) is 14.4. The number of nitrogens with one attached hydrogen (secondary N) is 1. The van der Waals surface area contributed by atoms with Crippen LogP contribution in [0.2, 0.25) is 5.02 Å². The highest BCUT2D eigenvalue weighted by Crippen LogP contribution is 2.36. The Morgan fingerprint density at radius 1 is 1.10 bits per heavy atom. The van der Waals surface area contributed by atoms with Crippen molar-refractivity contribution in [2.75, 3.05) is 0 Å². The second-order valence-electron chi connectivity index (χ2n) is 7.32. The number of aromatic hydroxyl groups is 1. The average molecular weight is 488 g/mol. The minimum atomic E-state index is -0.597. The van der Waals surface area contributed by atoms with E-state index in [2.05, 4.69) is 40.3 Å². The van der Waals surface area contributed by atoms with Gasteiger partial charge in [0.1, 0.15) is 17.7 Å². The molecule has 3 nitrogen and oxygen atoms in total. The van der Waals surface area contributed by atoms with Gasteiger partial charge >= 0.3 is 0 Å². The molecule has 0 fully saturated rings. The fourth-order valence-electron chi connectivity index (χ4n) is 3.70. The van der Waals surface area contributed by atoms with Crippen molar-refractivity contribution in [2.24, 2.45) is 4.99 Å². The van der Waals surface area contributed by atoms with Crippen molar-refractivity contribution in [1.29, 1.82) is 0 Å². The number of benzene rings is 3. The van der Waals surface area contributed by atoms with Crippen LogP contribution in [0.5, 0.6) is 5.75 Å². The van der Waals surface area contributed by atoms with Crippen molar-refractivity contribution < 1.29 is 9.50 Å². The Morgan fingerprint density at radius 3 is 2.60 bits per heavy atom. The predicted octanol–water partition coefficient (Wildman–Crippen LogP) is 6.73. The van der Waals surface area contributed by atoms with Crippen LogP contribution >= 0.6 is 27.5 Å². The van der Waals surface area contributed by atoms with Crippen LogP contribution in [0, 0.1) is 5.82 Å². The van der Waals surface area contributed by atoms with Crippen LogP contribution < -0.4 is 5.32 Å². The SMILES string of the molecule is CCc1ccc(C2=N[C@@H](c3cc(Br)ccc3F)N[C@@H](c3cc(Cl)ccc3O)C2)cc1. The topological polar surface area (TPSA) is 44.6 Å². The van der Waals surface area contributed by atoms with E-state index >= 15 is 0 Å². The van der Waals surface area contributed by atoms with E-state index in [1.54, 1.807) is 30.3 Å². The molecule has 0 spiro atoms. The highest BCUT2D eigenvalue weighted by Gasteiger charge is 2.29. The number of hydrogen-bond donors (Lipinski definition) is 2. The Hall–Kier alpha value is -2.21. The summed E-state index contributed by atoms with van der Waals surface area (Å²) < 4.78 is 15.4. The number of phenolic OH excluding ortho intramolecular Hbond substituents is 1. The average Bonchev–Trinajstić information content (AvgIpc) is 2.77. The third-order valence-corrected chi connectivity index (χ3v) is 6.08. The molecule has 0 saturated carbocycles. The molecule has 6 heteroatoms. The smallest absolute Gasteiger partial charge is 0.129 e. The number of hydrogen-bond acceptors (Lipinski definition) is 3. The number of aliphatic imine (C=N–C) groups is 1. The van der Waals surface area contributed by atoms with Crippen LogP contribution in [0.15, 0.2) is 70.1 Å². The molecule has 154 valence electrons. The lowest BCUT2D eigenvalue weighted by molar-refractivity contribution is 0.405. The Balaban J connectivity index is 1.79. The molecule has 3 aromatic rings. The van der Waals surface area contributed by atoms with Gasteiger partial charge in [-0.15, -0.1) is 0 Å². The summed E-state index contributed by atoms with van der Waals surface area (Å²) in [5.41, 5.74) is 4.19. The number of halogens is 3. The van der Waals surface area contributed by atoms with E-state index in [0.717, 1.165) is 22.2 Å².